The van der Waals surface area contributed by atoms with Crippen LogP contribution in [0.4, 0.5) is 5.69 Å². The number of rotatable bonds is 5. The topological polar surface area (TPSA) is 75.7 Å². The van der Waals surface area contributed by atoms with Gasteiger partial charge in [0.05, 0.1) is 12.2 Å². The maximum atomic E-state index is 12.0. The summed E-state index contributed by atoms with van der Waals surface area (Å²) in [6, 6.07) is 6.19. The molecule has 1 aromatic carbocycles. The SMILES string of the molecule is CCOC(=O)c1ccc(NS(=O)(=O)N2CCCC2)cc1. The molecule has 20 heavy (non-hydrogen) atoms. The van der Waals surface area contributed by atoms with Crippen LogP contribution in [0.5, 0.6) is 0 Å². The molecule has 0 aliphatic carbocycles. The van der Waals surface area contributed by atoms with Gasteiger partial charge in [-0.25, -0.2) is 4.79 Å². The Morgan fingerprint density at radius 2 is 1.85 bits per heavy atom. The summed E-state index contributed by atoms with van der Waals surface area (Å²) in [4.78, 5) is 11.5. The molecule has 1 aromatic rings. The highest BCUT2D eigenvalue weighted by molar-refractivity contribution is 7.90. The second-order valence-corrected chi connectivity index (χ2v) is 6.18. The lowest BCUT2D eigenvalue weighted by atomic mass is 10.2. The van der Waals surface area contributed by atoms with E-state index in [1.165, 1.54) is 4.31 Å². The Kier molecular flexibility index (Phi) is 4.61. The molecule has 7 heteroatoms. The van der Waals surface area contributed by atoms with Crippen LogP contribution in [0.1, 0.15) is 30.1 Å². The lowest BCUT2D eigenvalue weighted by molar-refractivity contribution is 0.0526. The third-order valence-corrected chi connectivity index (χ3v) is 4.59. The minimum atomic E-state index is -3.49. The Balaban J connectivity index is 2.05. The van der Waals surface area contributed by atoms with E-state index in [9.17, 15) is 13.2 Å². The molecule has 1 heterocycles. The van der Waals surface area contributed by atoms with Gasteiger partial charge >= 0.3 is 16.2 Å². The minimum Gasteiger partial charge on any atom is -0.462 e. The lowest BCUT2D eigenvalue weighted by Crippen LogP contribution is -2.33. The fourth-order valence-electron chi connectivity index (χ4n) is 2.03. The Morgan fingerprint density at radius 3 is 2.40 bits per heavy atom. The standard InChI is InChI=1S/C13H18N2O4S/c1-2-19-13(16)11-5-7-12(8-6-11)14-20(17,18)15-9-3-4-10-15/h5-8,14H,2-4,9-10H2,1H3. The van der Waals surface area contributed by atoms with Crippen LogP contribution in [0.15, 0.2) is 24.3 Å². The number of hydrogen-bond donors (Lipinski definition) is 1. The summed E-state index contributed by atoms with van der Waals surface area (Å²) in [5.41, 5.74) is 0.834. The largest absolute Gasteiger partial charge is 0.462 e. The highest BCUT2D eigenvalue weighted by Crippen LogP contribution is 2.17. The number of carbonyl (C=O) groups is 1. The first-order valence-corrected chi connectivity index (χ1v) is 8.02. The zero-order valence-electron chi connectivity index (χ0n) is 11.3. The van der Waals surface area contributed by atoms with Gasteiger partial charge < -0.3 is 4.74 Å². The number of nitrogens with zero attached hydrogens (tertiary/aromatic N) is 1. The van der Waals surface area contributed by atoms with Crippen molar-refractivity contribution in [3.63, 3.8) is 0 Å². The Morgan fingerprint density at radius 1 is 1.25 bits per heavy atom. The molecular weight excluding hydrogens is 280 g/mol. The van der Waals surface area contributed by atoms with Crippen LogP contribution < -0.4 is 4.72 Å². The molecule has 0 aromatic heterocycles. The van der Waals surface area contributed by atoms with Crippen molar-refractivity contribution in [1.82, 2.24) is 4.31 Å². The quantitative estimate of drug-likeness (QED) is 0.838. The molecule has 1 fully saturated rings. The highest BCUT2D eigenvalue weighted by Gasteiger charge is 2.25. The van der Waals surface area contributed by atoms with Gasteiger partial charge in [-0.1, -0.05) is 0 Å². The van der Waals surface area contributed by atoms with Crippen LogP contribution in [-0.2, 0) is 14.9 Å². The van der Waals surface area contributed by atoms with E-state index in [-0.39, 0.29) is 0 Å². The predicted molar refractivity (Wildman–Crippen MR) is 75.7 cm³/mol. The van der Waals surface area contributed by atoms with Gasteiger partial charge in [-0.05, 0) is 44.0 Å². The van der Waals surface area contributed by atoms with E-state index in [1.54, 1.807) is 31.2 Å². The van der Waals surface area contributed by atoms with Crippen molar-refractivity contribution in [2.45, 2.75) is 19.8 Å². The average molecular weight is 298 g/mol. The van der Waals surface area contributed by atoms with Crippen molar-refractivity contribution >= 4 is 21.9 Å². The summed E-state index contributed by atoms with van der Waals surface area (Å²) in [5.74, 6) is -0.415. The van der Waals surface area contributed by atoms with Gasteiger partial charge in [-0.3, -0.25) is 4.72 Å². The first-order valence-electron chi connectivity index (χ1n) is 6.58. The molecule has 1 saturated heterocycles. The van der Waals surface area contributed by atoms with Gasteiger partial charge in [0.15, 0.2) is 0 Å². The van der Waals surface area contributed by atoms with E-state index in [2.05, 4.69) is 4.72 Å². The van der Waals surface area contributed by atoms with E-state index < -0.39 is 16.2 Å². The van der Waals surface area contributed by atoms with E-state index >= 15 is 0 Å². The van der Waals surface area contributed by atoms with Gasteiger partial charge in [-0.2, -0.15) is 12.7 Å². The van der Waals surface area contributed by atoms with Crippen LogP contribution in [-0.4, -0.2) is 38.4 Å². The van der Waals surface area contributed by atoms with Crippen LogP contribution in [0.3, 0.4) is 0 Å². The molecule has 6 nitrogen and oxygen atoms in total. The van der Waals surface area contributed by atoms with E-state index in [0.717, 1.165) is 12.8 Å². The van der Waals surface area contributed by atoms with Gasteiger partial charge in [0.2, 0.25) is 0 Å². The van der Waals surface area contributed by atoms with E-state index in [4.69, 9.17) is 4.74 Å². The molecule has 2 rings (SSSR count). The summed E-state index contributed by atoms with van der Waals surface area (Å²) < 4.78 is 32.9. The Bertz CT molecular complexity index is 563. The van der Waals surface area contributed by atoms with Crippen LogP contribution in [0.25, 0.3) is 0 Å². The van der Waals surface area contributed by atoms with Crippen molar-refractivity contribution in [2.24, 2.45) is 0 Å². The van der Waals surface area contributed by atoms with Crippen molar-refractivity contribution in [3.05, 3.63) is 29.8 Å². The second kappa shape index (κ2) is 6.23. The maximum Gasteiger partial charge on any atom is 0.338 e. The zero-order chi connectivity index (χ0) is 14.6. The minimum absolute atomic E-state index is 0.308. The average Bonchev–Trinajstić information content (AvgIpc) is 2.94. The Hall–Kier alpha value is -1.60. The molecule has 0 saturated carbocycles. The number of hydrogen-bond acceptors (Lipinski definition) is 4. The second-order valence-electron chi connectivity index (χ2n) is 4.51. The third kappa shape index (κ3) is 3.49. The number of esters is 1. The molecule has 0 atom stereocenters. The lowest BCUT2D eigenvalue weighted by Gasteiger charge is -2.16. The molecule has 0 unspecified atom stereocenters. The van der Waals surface area contributed by atoms with Crippen molar-refractivity contribution in [1.29, 1.82) is 0 Å². The van der Waals surface area contributed by atoms with Gasteiger partial charge in [0, 0.05) is 18.8 Å². The summed E-state index contributed by atoms with van der Waals surface area (Å²) in [6.07, 6.45) is 1.78. The molecule has 0 spiro atoms. The maximum absolute atomic E-state index is 12.0. The highest BCUT2D eigenvalue weighted by atomic mass is 32.2. The number of nitrogens with one attached hydrogen (secondary N) is 1. The number of ether oxygens (including phenoxy) is 1. The molecular formula is C13H18N2O4S. The normalized spacial score (nSPS) is 16.1. The molecule has 1 aliphatic rings. The first-order chi connectivity index (χ1) is 9.53. The van der Waals surface area contributed by atoms with Gasteiger partial charge in [0.1, 0.15) is 0 Å². The molecule has 110 valence electrons. The molecule has 0 radical (unpaired) electrons. The zero-order valence-corrected chi connectivity index (χ0v) is 12.1. The van der Waals surface area contributed by atoms with Crippen molar-refractivity contribution in [3.8, 4) is 0 Å². The number of benzene rings is 1. The van der Waals surface area contributed by atoms with Crippen LogP contribution in [0, 0.1) is 0 Å². The smallest absolute Gasteiger partial charge is 0.338 e. The molecule has 1 N–H and O–H groups in total. The predicted octanol–water partition coefficient (Wildman–Crippen LogP) is 1.62. The fourth-order valence-corrected chi connectivity index (χ4v) is 3.33. The summed E-state index contributed by atoms with van der Waals surface area (Å²) in [7, 11) is -3.49. The van der Waals surface area contributed by atoms with Crippen LogP contribution in [0.2, 0.25) is 0 Å². The van der Waals surface area contributed by atoms with E-state index in [0.29, 0.717) is 30.9 Å². The van der Waals surface area contributed by atoms with E-state index in [1.807, 2.05) is 0 Å². The van der Waals surface area contributed by atoms with Gasteiger partial charge in [-0.15, -0.1) is 0 Å². The van der Waals surface area contributed by atoms with Crippen LogP contribution >= 0.6 is 0 Å². The number of anilines is 1. The molecule has 1 aliphatic heterocycles. The molecule has 0 bridgehead atoms. The third-order valence-electron chi connectivity index (χ3n) is 3.05. The van der Waals surface area contributed by atoms with Gasteiger partial charge in [0.25, 0.3) is 0 Å². The fraction of sp³-hybridized carbons (Fsp3) is 0.462. The van der Waals surface area contributed by atoms with Crippen molar-refractivity contribution in [2.75, 3.05) is 24.4 Å². The summed E-state index contributed by atoms with van der Waals surface area (Å²) in [5, 5.41) is 0. The first kappa shape index (κ1) is 14.8. The summed E-state index contributed by atoms with van der Waals surface area (Å²) >= 11 is 0. The Labute approximate surface area is 118 Å². The van der Waals surface area contributed by atoms with Crippen molar-refractivity contribution < 1.29 is 17.9 Å². The number of carbonyl (C=O) groups excluding carboxylic acids is 1. The monoisotopic (exact) mass is 298 g/mol. The molecule has 0 amide bonds. The summed E-state index contributed by atoms with van der Waals surface area (Å²) in [6.45, 7) is 3.14.